The van der Waals surface area contributed by atoms with Gasteiger partial charge in [0.1, 0.15) is 5.75 Å². The molecule has 1 aromatic rings. The van der Waals surface area contributed by atoms with Crippen LogP contribution in [-0.4, -0.2) is 43.9 Å². The molecule has 0 aliphatic carbocycles. The van der Waals surface area contributed by atoms with Gasteiger partial charge in [-0.25, -0.2) is 0 Å². The molecule has 3 atom stereocenters. The van der Waals surface area contributed by atoms with Gasteiger partial charge in [-0.1, -0.05) is 15.9 Å². The number of rotatable bonds is 4. The maximum absolute atomic E-state index is 6.04. The van der Waals surface area contributed by atoms with Crippen molar-refractivity contribution in [3.8, 4) is 5.75 Å². The highest BCUT2D eigenvalue weighted by molar-refractivity contribution is 9.10. The first kappa shape index (κ1) is 15.8. The Hall–Kier alpha value is -0.620. The zero-order valence-corrected chi connectivity index (χ0v) is 13.9. The second kappa shape index (κ2) is 6.89. The van der Waals surface area contributed by atoms with Crippen LogP contribution in [0, 0.1) is 0 Å². The van der Waals surface area contributed by atoms with Crippen LogP contribution in [0.25, 0.3) is 0 Å². The van der Waals surface area contributed by atoms with Crippen LogP contribution in [0.15, 0.2) is 22.7 Å². The zero-order chi connectivity index (χ0) is 14.7. The van der Waals surface area contributed by atoms with Gasteiger partial charge in [0.2, 0.25) is 0 Å². The van der Waals surface area contributed by atoms with Crippen molar-refractivity contribution in [3.05, 3.63) is 28.2 Å². The zero-order valence-electron chi connectivity index (χ0n) is 12.3. The lowest BCUT2D eigenvalue weighted by Crippen LogP contribution is -2.48. The van der Waals surface area contributed by atoms with Gasteiger partial charge < -0.3 is 15.2 Å². The topological polar surface area (TPSA) is 47.7 Å². The first-order valence-electron chi connectivity index (χ1n) is 6.98. The minimum Gasteiger partial charge on any atom is -0.497 e. The molecule has 0 radical (unpaired) electrons. The summed E-state index contributed by atoms with van der Waals surface area (Å²) in [6.07, 6.45) is 0.467. The molecule has 20 heavy (non-hydrogen) atoms. The average Bonchev–Trinajstić information content (AvgIpc) is 2.40. The van der Waals surface area contributed by atoms with Gasteiger partial charge in [-0.2, -0.15) is 0 Å². The molecule has 1 aliphatic rings. The second-order valence-corrected chi connectivity index (χ2v) is 6.20. The molecule has 4 nitrogen and oxygen atoms in total. The van der Waals surface area contributed by atoms with Crippen molar-refractivity contribution in [1.82, 2.24) is 4.90 Å². The van der Waals surface area contributed by atoms with Crippen molar-refractivity contribution < 1.29 is 9.47 Å². The number of nitrogens with two attached hydrogens (primary N) is 1. The molecule has 0 spiro atoms. The fraction of sp³-hybridized carbons (Fsp3) is 0.600. The number of methoxy groups -OCH3 is 1. The van der Waals surface area contributed by atoms with Gasteiger partial charge in [-0.05, 0) is 37.6 Å². The molecular formula is C15H23BrN2O2. The number of morpholine rings is 1. The molecule has 3 unspecified atom stereocenters. The average molecular weight is 343 g/mol. The summed E-state index contributed by atoms with van der Waals surface area (Å²) in [5, 5.41) is 0. The van der Waals surface area contributed by atoms with E-state index in [0.29, 0.717) is 6.54 Å². The van der Waals surface area contributed by atoms with Crippen LogP contribution in [0.1, 0.15) is 25.5 Å². The Balaban J connectivity index is 2.27. The van der Waals surface area contributed by atoms with Gasteiger partial charge in [0.25, 0.3) is 0 Å². The van der Waals surface area contributed by atoms with Gasteiger partial charge in [0, 0.05) is 30.1 Å². The molecule has 1 aliphatic heterocycles. The van der Waals surface area contributed by atoms with Crippen molar-refractivity contribution in [2.45, 2.75) is 32.1 Å². The van der Waals surface area contributed by atoms with Crippen LogP contribution in [0.4, 0.5) is 0 Å². The van der Waals surface area contributed by atoms with E-state index in [1.54, 1.807) is 7.11 Å². The minimum atomic E-state index is 0.174. The first-order chi connectivity index (χ1) is 9.55. The van der Waals surface area contributed by atoms with E-state index in [-0.39, 0.29) is 18.2 Å². The lowest BCUT2D eigenvalue weighted by atomic mass is 10.0. The highest BCUT2D eigenvalue weighted by Crippen LogP contribution is 2.32. The van der Waals surface area contributed by atoms with E-state index in [9.17, 15) is 0 Å². The van der Waals surface area contributed by atoms with E-state index in [1.165, 1.54) is 5.56 Å². The number of hydrogen-bond donors (Lipinski definition) is 1. The molecule has 1 fully saturated rings. The second-order valence-electron chi connectivity index (χ2n) is 5.35. The van der Waals surface area contributed by atoms with Gasteiger partial charge in [0.05, 0.1) is 19.3 Å². The van der Waals surface area contributed by atoms with Crippen LogP contribution in [0.2, 0.25) is 0 Å². The Labute approximate surface area is 129 Å². The molecule has 0 bridgehead atoms. The molecule has 0 aromatic heterocycles. The largest absolute Gasteiger partial charge is 0.497 e. The van der Waals surface area contributed by atoms with Crippen molar-refractivity contribution >= 4 is 15.9 Å². The predicted molar refractivity (Wildman–Crippen MR) is 84.1 cm³/mol. The highest BCUT2D eigenvalue weighted by Gasteiger charge is 2.29. The van der Waals surface area contributed by atoms with Crippen molar-refractivity contribution in [2.75, 3.05) is 26.7 Å². The Kier molecular flexibility index (Phi) is 5.43. The van der Waals surface area contributed by atoms with Crippen molar-refractivity contribution in [1.29, 1.82) is 0 Å². The number of ether oxygens (including phenoxy) is 2. The van der Waals surface area contributed by atoms with Crippen LogP contribution < -0.4 is 10.5 Å². The van der Waals surface area contributed by atoms with Gasteiger partial charge in [-0.15, -0.1) is 0 Å². The maximum Gasteiger partial charge on any atom is 0.119 e. The predicted octanol–water partition coefficient (Wildman–Crippen LogP) is 2.57. The molecule has 1 saturated heterocycles. The van der Waals surface area contributed by atoms with E-state index in [1.807, 2.05) is 12.1 Å². The summed E-state index contributed by atoms with van der Waals surface area (Å²) < 4.78 is 12.2. The standard InChI is InChI=1S/C15H23BrN2O2/c1-10-8-18(9-11(2)20-10)15(7-17)13-6-12(19-3)4-5-14(13)16/h4-6,10-11,15H,7-9,17H2,1-3H3. The molecule has 2 rings (SSSR count). The van der Waals surface area contributed by atoms with Gasteiger partial charge >= 0.3 is 0 Å². The van der Waals surface area contributed by atoms with E-state index < -0.39 is 0 Å². The fourth-order valence-corrected chi connectivity index (χ4v) is 3.36. The molecule has 112 valence electrons. The summed E-state index contributed by atoms with van der Waals surface area (Å²) in [5.41, 5.74) is 7.22. The smallest absolute Gasteiger partial charge is 0.119 e. The molecule has 2 N–H and O–H groups in total. The third-order valence-electron chi connectivity index (χ3n) is 3.67. The summed E-state index contributed by atoms with van der Waals surface area (Å²) in [4.78, 5) is 2.40. The number of nitrogens with zero attached hydrogens (tertiary/aromatic N) is 1. The summed E-state index contributed by atoms with van der Waals surface area (Å²) in [6, 6.07) is 6.20. The van der Waals surface area contributed by atoms with E-state index in [0.717, 1.165) is 23.3 Å². The number of hydrogen-bond acceptors (Lipinski definition) is 4. The monoisotopic (exact) mass is 342 g/mol. The first-order valence-corrected chi connectivity index (χ1v) is 7.77. The van der Waals surface area contributed by atoms with Crippen LogP contribution in [-0.2, 0) is 4.74 Å². The fourth-order valence-electron chi connectivity index (χ4n) is 2.85. The molecule has 1 heterocycles. The molecule has 1 aromatic carbocycles. The third-order valence-corrected chi connectivity index (χ3v) is 4.40. The summed E-state index contributed by atoms with van der Waals surface area (Å²) in [7, 11) is 1.68. The number of benzene rings is 1. The summed E-state index contributed by atoms with van der Waals surface area (Å²) in [5.74, 6) is 0.857. The Morgan fingerprint density at radius 1 is 1.40 bits per heavy atom. The van der Waals surface area contributed by atoms with Crippen molar-refractivity contribution in [3.63, 3.8) is 0 Å². The van der Waals surface area contributed by atoms with E-state index in [4.69, 9.17) is 15.2 Å². The van der Waals surface area contributed by atoms with Crippen LogP contribution in [0.5, 0.6) is 5.75 Å². The molecular weight excluding hydrogens is 320 g/mol. The number of halogens is 1. The summed E-state index contributed by atoms with van der Waals surface area (Å²) >= 11 is 3.63. The van der Waals surface area contributed by atoms with Crippen LogP contribution >= 0.6 is 15.9 Å². The van der Waals surface area contributed by atoms with Gasteiger partial charge in [-0.3, -0.25) is 4.90 Å². The van der Waals surface area contributed by atoms with Gasteiger partial charge in [0.15, 0.2) is 0 Å². The lowest BCUT2D eigenvalue weighted by molar-refractivity contribution is -0.0800. The normalized spacial score (nSPS) is 25.4. The molecule has 0 amide bonds. The van der Waals surface area contributed by atoms with E-state index >= 15 is 0 Å². The van der Waals surface area contributed by atoms with Crippen molar-refractivity contribution in [2.24, 2.45) is 5.73 Å². The van der Waals surface area contributed by atoms with Crippen LogP contribution in [0.3, 0.4) is 0 Å². The third kappa shape index (κ3) is 3.52. The Morgan fingerprint density at radius 2 is 2.05 bits per heavy atom. The Bertz CT molecular complexity index is 445. The molecule has 0 saturated carbocycles. The lowest BCUT2D eigenvalue weighted by Gasteiger charge is -2.40. The SMILES string of the molecule is COc1ccc(Br)c(C(CN)N2CC(C)OC(C)C2)c1. The quantitative estimate of drug-likeness (QED) is 0.913. The minimum absolute atomic E-state index is 0.174. The summed E-state index contributed by atoms with van der Waals surface area (Å²) in [6.45, 7) is 6.59. The highest BCUT2D eigenvalue weighted by atomic mass is 79.9. The van der Waals surface area contributed by atoms with E-state index in [2.05, 4.69) is 40.7 Å². The maximum atomic E-state index is 6.04. The Morgan fingerprint density at radius 3 is 2.60 bits per heavy atom. The molecule has 5 heteroatoms.